The van der Waals surface area contributed by atoms with Gasteiger partial charge in [0.15, 0.2) is 0 Å². The summed E-state index contributed by atoms with van der Waals surface area (Å²) in [5.74, 6) is 0.302. The van der Waals surface area contributed by atoms with Crippen molar-refractivity contribution in [1.29, 1.82) is 0 Å². The van der Waals surface area contributed by atoms with E-state index < -0.39 is 0 Å². The van der Waals surface area contributed by atoms with Crippen LogP contribution in [0, 0.1) is 0 Å². The highest BCUT2D eigenvalue weighted by molar-refractivity contribution is 6.22. The molecule has 0 N–H and O–H groups in total. The zero-order chi connectivity index (χ0) is 26.7. The highest BCUT2D eigenvalue weighted by Gasteiger charge is 2.23. The lowest BCUT2D eigenvalue weighted by atomic mass is 9.79. The van der Waals surface area contributed by atoms with Gasteiger partial charge in [-0.25, -0.2) is 4.98 Å². The number of hydrogen-bond donors (Lipinski definition) is 0. The van der Waals surface area contributed by atoms with Crippen LogP contribution in [0.3, 0.4) is 0 Å². The number of para-hydroxylation sites is 2. The third-order valence-electron chi connectivity index (χ3n) is 9.47. The Morgan fingerprint density at radius 3 is 2.20 bits per heavy atom. The molecule has 0 bridgehead atoms. The van der Waals surface area contributed by atoms with E-state index >= 15 is 0 Å². The zero-order valence-electron chi connectivity index (χ0n) is 22.3. The van der Waals surface area contributed by atoms with Gasteiger partial charge >= 0.3 is 0 Å². The summed E-state index contributed by atoms with van der Waals surface area (Å²) in [6.45, 7) is 0. The third kappa shape index (κ3) is 2.74. The Morgan fingerprint density at radius 1 is 0.561 bits per heavy atom. The summed E-state index contributed by atoms with van der Waals surface area (Å²) in [4.78, 5) is 5.06. The number of fused-ring (bicyclic) bond motifs is 10. The Balaban J connectivity index is 1.28. The van der Waals surface area contributed by atoms with E-state index in [0.29, 0.717) is 5.92 Å². The average molecular weight is 521 g/mol. The van der Waals surface area contributed by atoms with Gasteiger partial charge in [-0.2, -0.15) is 0 Å². The highest BCUT2D eigenvalue weighted by atomic mass is 15.0. The van der Waals surface area contributed by atoms with Crippen molar-refractivity contribution in [2.75, 3.05) is 0 Å². The summed E-state index contributed by atoms with van der Waals surface area (Å²) in [5.41, 5.74) is 7.22. The molecule has 9 aromatic rings. The SMILES string of the molecule is C1=c2c3cccc4cccc(c5cccc(c25)C(c2ccc5c(c2)c2ccccc2c2nc6ccccc6n52)C1)c43. The molecule has 0 saturated carbocycles. The molecule has 190 valence electrons. The van der Waals surface area contributed by atoms with Crippen LogP contribution < -0.4 is 5.22 Å². The summed E-state index contributed by atoms with van der Waals surface area (Å²) < 4.78 is 2.34. The number of nitrogens with zero attached hydrogens (tertiary/aromatic N) is 2. The van der Waals surface area contributed by atoms with Crippen LogP contribution in [0.4, 0.5) is 0 Å². The van der Waals surface area contributed by atoms with Crippen LogP contribution in [0.25, 0.3) is 76.7 Å². The van der Waals surface area contributed by atoms with Crippen molar-refractivity contribution in [2.24, 2.45) is 0 Å². The molecule has 1 aliphatic carbocycles. The van der Waals surface area contributed by atoms with Crippen molar-refractivity contribution in [1.82, 2.24) is 9.38 Å². The Hall–Kier alpha value is -5.21. The van der Waals surface area contributed by atoms with Gasteiger partial charge < -0.3 is 0 Å². The van der Waals surface area contributed by atoms with E-state index in [4.69, 9.17) is 4.98 Å². The van der Waals surface area contributed by atoms with Crippen LogP contribution in [0.2, 0.25) is 0 Å². The first-order valence-corrected chi connectivity index (χ1v) is 14.4. The summed E-state index contributed by atoms with van der Waals surface area (Å²) in [5, 5.41) is 13.3. The quantitative estimate of drug-likeness (QED) is 0.156. The molecule has 0 fully saturated rings. The lowest BCUT2D eigenvalue weighted by Crippen LogP contribution is -2.16. The van der Waals surface area contributed by atoms with Gasteiger partial charge in [0, 0.05) is 16.7 Å². The topological polar surface area (TPSA) is 17.3 Å². The zero-order valence-corrected chi connectivity index (χ0v) is 22.3. The van der Waals surface area contributed by atoms with Crippen LogP contribution in [-0.4, -0.2) is 9.38 Å². The molecule has 0 radical (unpaired) electrons. The molecule has 1 unspecified atom stereocenters. The molecule has 2 heteroatoms. The van der Waals surface area contributed by atoms with Crippen molar-refractivity contribution in [3.8, 4) is 0 Å². The van der Waals surface area contributed by atoms with Gasteiger partial charge in [0.1, 0.15) is 5.65 Å². The lowest BCUT2D eigenvalue weighted by molar-refractivity contribution is 0.855. The van der Waals surface area contributed by atoms with Crippen LogP contribution in [0.1, 0.15) is 23.5 Å². The van der Waals surface area contributed by atoms with E-state index in [9.17, 15) is 0 Å². The first kappa shape index (κ1) is 21.6. The normalized spacial score (nSPS) is 15.2. The van der Waals surface area contributed by atoms with Crippen molar-refractivity contribution in [2.45, 2.75) is 12.3 Å². The fraction of sp³-hybridized carbons (Fsp3) is 0.0513. The fourth-order valence-electron chi connectivity index (χ4n) is 7.75. The predicted molar refractivity (Wildman–Crippen MR) is 173 cm³/mol. The second-order valence-corrected chi connectivity index (χ2v) is 11.5. The molecule has 10 rings (SSSR count). The van der Waals surface area contributed by atoms with Gasteiger partial charge in [-0.15, -0.1) is 0 Å². The number of aromatic nitrogens is 2. The third-order valence-corrected chi connectivity index (χ3v) is 9.47. The summed E-state index contributed by atoms with van der Waals surface area (Å²) in [7, 11) is 0. The smallest absolute Gasteiger partial charge is 0.146 e. The van der Waals surface area contributed by atoms with Crippen LogP contribution in [0.5, 0.6) is 0 Å². The van der Waals surface area contributed by atoms with Crippen molar-refractivity contribution >= 4 is 76.7 Å². The van der Waals surface area contributed by atoms with Gasteiger partial charge in [-0.05, 0) is 84.7 Å². The van der Waals surface area contributed by atoms with Crippen molar-refractivity contribution in [3.63, 3.8) is 0 Å². The maximum absolute atomic E-state index is 5.06. The number of hydrogen-bond acceptors (Lipinski definition) is 1. The number of imidazole rings is 1. The minimum Gasteiger partial charge on any atom is -0.292 e. The van der Waals surface area contributed by atoms with Crippen molar-refractivity contribution < 1.29 is 0 Å². The molecule has 1 aliphatic rings. The molecule has 0 spiro atoms. The molecule has 7 aromatic carbocycles. The van der Waals surface area contributed by atoms with Gasteiger partial charge in [0.05, 0.1) is 16.6 Å². The van der Waals surface area contributed by atoms with E-state index in [-0.39, 0.29) is 0 Å². The molecular weight excluding hydrogens is 496 g/mol. The Morgan fingerprint density at radius 2 is 1.29 bits per heavy atom. The summed E-state index contributed by atoms with van der Waals surface area (Å²) in [6, 6.07) is 44.7. The van der Waals surface area contributed by atoms with E-state index in [1.54, 1.807) is 0 Å². The molecule has 2 nitrogen and oxygen atoms in total. The molecule has 2 aromatic heterocycles. The molecule has 2 heterocycles. The minimum absolute atomic E-state index is 0.302. The molecule has 0 saturated heterocycles. The van der Waals surface area contributed by atoms with E-state index in [1.807, 2.05) is 0 Å². The average Bonchev–Trinajstić information content (AvgIpc) is 3.43. The Labute approximate surface area is 235 Å². The van der Waals surface area contributed by atoms with Crippen LogP contribution in [0.15, 0.2) is 121 Å². The monoisotopic (exact) mass is 520 g/mol. The lowest BCUT2D eigenvalue weighted by Gasteiger charge is -2.25. The molecular formula is C39H24N2. The molecule has 41 heavy (non-hydrogen) atoms. The summed E-state index contributed by atoms with van der Waals surface area (Å²) in [6.07, 6.45) is 3.49. The van der Waals surface area contributed by atoms with E-state index in [1.165, 1.54) is 70.3 Å². The van der Waals surface area contributed by atoms with Crippen molar-refractivity contribution in [3.05, 3.63) is 138 Å². The number of rotatable bonds is 1. The fourth-order valence-corrected chi connectivity index (χ4v) is 7.75. The molecule has 0 amide bonds. The highest BCUT2D eigenvalue weighted by Crippen LogP contribution is 2.41. The van der Waals surface area contributed by atoms with Gasteiger partial charge in [0.25, 0.3) is 0 Å². The van der Waals surface area contributed by atoms with Gasteiger partial charge in [-0.3, -0.25) is 4.40 Å². The number of pyridine rings is 1. The van der Waals surface area contributed by atoms with Gasteiger partial charge in [0.2, 0.25) is 0 Å². The van der Waals surface area contributed by atoms with Gasteiger partial charge in [-0.1, -0.05) is 103 Å². The largest absolute Gasteiger partial charge is 0.292 e. The molecule has 0 aliphatic heterocycles. The number of benzene rings is 7. The predicted octanol–water partition coefficient (Wildman–Crippen LogP) is 9.29. The Kier molecular flexibility index (Phi) is 4.06. The molecule has 1 atom stereocenters. The first-order valence-electron chi connectivity index (χ1n) is 14.4. The minimum atomic E-state index is 0.302. The second kappa shape index (κ2) is 7.71. The first-order chi connectivity index (χ1) is 20.3. The van der Waals surface area contributed by atoms with E-state index in [2.05, 4.69) is 132 Å². The Bertz CT molecular complexity index is 2620. The summed E-state index contributed by atoms with van der Waals surface area (Å²) >= 11 is 0. The maximum atomic E-state index is 5.06. The van der Waals surface area contributed by atoms with Crippen LogP contribution >= 0.6 is 0 Å². The maximum Gasteiger partial charge on any atom is 0.146 e. The second-order valence-electron chi connectivity index (χ2n) is 11.5. The van der Waals surface area contributed by atoms with Crippen LogP contribution in [-0.2, 0) is 0 Å². The standard InChI is InChI=1S/C39H24N2/c1-2-11-32-26(10-1)33-22-24(18-21-35(33)41-36-17-4-3-16-34(36)40-39(32)41)25-19-20-31-29-13-6-9-23-8-5-12-28(37(23)29)30-15-7-14-27(25)38(30)31/h1-18,20-22,25H,19H2. The van der Waals surface area contributed by atoms with E-state index in [0.717, 1.165) is 23.1 Å².